The van der Waals surface area contributed by atoms with E-state index in [9.17, 15) is 13.2 Å². The molecule has 1 fully saturated rings. The summed E-state index contributed by atoms with van der Waals surface area (Å²) >= 11 is 0. The number of hydrogen-bond donors (Lipinski definition) is 2. The Morgan fingerprint density at radius 2 is 1.79 bits per heavy atom. The van der Waals surface area contributed by atoms with Crippen molar-refractivity contribution in [2.75, 3.05) is 25.0 Å². The van der Waals surface area contributed by atoms with Crippen molar-refractivity contribution in [2.45, 2.75) is 56.6 Å². The number of benzene rings is 1. The molecule has 1 atom stereocenters. The summed E-state index contributed by atoms with van der Waals surface area (Å²) in [5, 5.41) is 2.28. The number of carbonyl (C=O) groups is 1. The monoisotopic (exact) mass is 440 g/mol. The quantitative estimate of drug-likeness (QED) is 0.553. The molecule has 29 heavy (non-hydrogen) atoms. The van der Waals surface area contributed by atoms with E-state index in [0.717, 1.165) is 57.2 Å². The molecule has 2 amide bonds. The van der Waals surface area contributed by atoms with Crippen molar-refractivity contribution in [3.8, 4) is 12.3 Å². The second-order valence-electron chi connectivity index (χ2n) is 8.04. The van der Waals surface area contributed by atoms with Gasteiger partial charge in [0.1, 0.15) is 0 Å². The number of carbonyl (C=O) groups excluding carboxylic acids is 1. The molecule has 1 aliphatic heterocycles. The van der Waals surface area contributed by atoms with Gasteiger partial charge in [-0.1, -0.05) is 12.0 Å². The fraction of sp³-hybridized carbons (Fsp3) is 0.571. The molecule has 1 saturated heterocycles. The molecule has 4 rings (SSSR count). The van der Waals surface area contributed by atoms with Gasteiger partial charge in [0, 0.05) is 63.6 Å². The van der Waals surface area contributed by atoms with Gasteiger partial charge in [0.05, 0.1) is 11.8 Å². The Bertz CT molecular complexity index is 907. The van der Waals surface area contributed by atoms with Gasteiger partial charge in [-0.05, 0) is 80.2 Å². The third-order valence-corrected chi connectivity index (χ3v) is 7.89. The molecule has 2 aliphatic carbocycles. The average Bonchev–Trinajstić information content (AvgIpc) is 3.30. The summed E-state index contributed by atoms with van der Waals surface area (Å²) < 4.78 is 27.8. The fourth-order valence-corrected chi connectivity index (χ4v) is 6.22. The average molecular weight is 441 g/mol. The Kier molecular flexibility index (Phi) is 7.87. The van der Waals surface area contributed by atoms with Crippen molar-refractivity contribution in [3.63, 3.8) is 0 Å². The van der Waals surface area contributed by atoms with Crippen LogP contribution in [0.25, 0.3) is 0 Å². The minimum atomic E-state index is -3.75. The molecule has 6 nitrogen and oxygen atoms in total. The van der Waals surface area contributed by atoms with Gasteiger partial charge in [0.2, 0.25) is 10.0 Å². The van der Waals surface area contributed by atoms with Crippen LogP contribution >= 0.6 is 0 Å². The number of hydrogen-bond acceptors (Lipinski definition) is 4. The largest absolute Gasteiger partial charge is 0.332 e. The number of anilines is 1. The number of likely N-dealkylation sites (tertiary alicyclic amines) is 1. The van der Waals surface area contributed by atoms with E-state index < -0.39 is 21.3 Å². The van der Waals surface area contributed by atoms with E-state index >= 15 is 0 Å². The number of rotatable bonds is 4. The van der Waals surface area contributed by atoms with Crippen molar-refractivity contribution in [1.29, 1.82) is 0 Å². The van der Waals surface area contributed by atoms with Crippen LogP contribution in [0, 0.1) is 12.3 Å². The Labute approximate surface area is 216 Å². The van der Waals surface area contributed by atoms with Gasteiger partial charge in [-0.2, -0.15) is 0 Å². The topological polar surface area (TPSA) is 78.5 Å². The molecule has 0 bridgehead atoms. The van der Waals surface area contributed by atoms with Gasteiger partial charge in [-0.25, -0.2) is 17.9 Å². The number of amides is 2. The summed E-state index contributed by atoms with van der Waals surface area (Å²) in [5.74, 6) is 2.56. The minimum absolute atomic E-state index is 0. The number of fused-ring (bicyclic) bond motifs is 2. The van der Waals surface area contributed by atoms with E-state index in [1.54, 1.807) is 0 Å². The molecular weight excluding hydrogens is 413 g/mol. The normalized spacial score (nSPS) is 20.9. The first kappa shape index (κ1) is 23.3. The molecule has 1 aromatic carbocycles. The van der Waals surface area contributed by atoms with E-state index in [4.69, 9.17) is 6.42 Å². The van der Waals surface area contributed by atoms with E-state index in [-0.39, 0.29) is 51.4 Å². The van der Waals surface area contributed by atoms with Crippen molar-refractivity contribution in [2.24, 2.45) is 0 Å². The zero-order valence-corrected chi connectivity index (χ0v) is 21.0. The maximum atomic E-state index is 12.8. The second-order valence-corrected chi connectivity index (χ2v) is 10.00. The zero-order valence-electron chi connectivity index (χ0n) is 17.1. The first-order valence-corrected chi connectivity index (χ1v) is 11.7. The van der Waals surface area contributed by atoms with Gasteiger partial charge in [-0.15, -0.1) is 6.42 Å². The summed E-state index contributed by atoms with van der Waals surface area (Å²) in [6, 6.07) is 1.63. The molecule has 0 saturated carbocycles. The Hall–Kier alpha value is -0.404. The van der Waals surface area contributed by atoms with Gasteiger partial charge in [-0.3, -0.25) is 4.90 Å². The zero-order chi connectivity index (χ0) is 19.7. The number of terminal acetylenes is 1. The first-order valence-electron chi connectivity index (χ1n) is 10.1. The van der Waals surface area contributed by atoms with Crippen LogP contribution in [0.5, 0.6) is 0 Å². The number of nitrogens with zero attached hydrogens (tertiary/aromatic N) is 1. The van der Waals surface area contributed by atoms with Crippen molar-refractivity contribution < 1.29 is 13.2 Å². The van der Waals surface area contributed by atoms with Gasteiger partial charge in [0.15, 0.2) is 0 Å². The van der Waals surface area contributed by atoms with Crippen molar-refractivity contribution in [1.82, 2.24) is 9.62 Å². The van der Waals surface area contributed by atoms with Crippen molar-refractivity contribution in [3.05, 3.63) is 28.3 Å². The van der Waals surface area contributed by atoms with Crippen LogP contribution in [0.15, 0.2) is 6.07 Å². The number of sulfonamides is 1. The molecule has 1 radical (unpaired) electrons. The molecule has 0 spiro atoms. The van der Waals surface area contributed by atoms with Crippen LogP contribution in [0.3, 0.4) is 0 Å². The predicted molar refractivity (Wildman–Crippen MR) is 116 cm³/mol. The third-order valence-electron chi connectivity index (χ3n) is 6.16. The summed E-state index contributed by atoms with van der Waals surface area (Å²) in [5.41, 5.74) is 5.83. The van der Waals surface area contributed by atoms with Crippen LogP contribution in [0.1, 0.15) is 47.9 Å². The molecule has 8 heteroatoms. The van der Waals surface area contributed by atoms with E-state index in [1.165, 1.54) is 22.3 Å². The summed E-state index contributed by atoms with van der Waals surface area (Å²) in [6.07, 6.45) is 12.8. The smallest absolute Gasteiger partial charge is 0.307 e. The fourth-order valence-electron chi connectivity index (χ4n) is 4.86. The van der Waals surface area contributed by atoms with E-state index in [1.807, 2.05) is 4.90 Å². The number of nitrogens with one attached hydrogen (secondary N) is 2. The molecular formula is C21H27KN3O3S. The molecule has 2 N–H and O–H groups in total. The Balaban J connectivity index is 0.00000240. The van der Waals surface area contributed by atoms with Crippen LogP contribution in [-0.2, 0) is 35.7 Å². The first-order chi connectivity index (χ1) is 13.5. The van der Waals surface area contributed by atoms with E-state index in [0.29, 0.717) is 19.5 Å². The molecule has 0 aromatic heterocycles. The second kappa shape index (κ2) is 9.82. The summed E-state index contributed by atoms with van der Waals surface area (Å²) in [4.78, 5) is 14.6. The number of urea groups is 1. The number of piperidine rings is 1. The van der Waals surface area contributed by atoms with Crippen LogP contribution in [0.4, 0.5) is 10.5 Å². The van der Waals surface area contributed by atoms with Gasteiger partial charge >= 0.3 is 6.03 Å². The van der Waals surface area contributed by atoms with Gasteiger partial charge < -0.3 is 5.32 Å². The Morgan fingerprint density at radius 3 is 2.41 bits per heavy atom. The maximum absolute atomic E-state index is 12.8. The van der Waals surface area contributed by atoms with Crippen LogP contribution in [-0.4, -0.2) is 95.6 Å². The van der Waals surface area contributed by atoms with E-state index in [2.05, 4.69) is 22.0 Å². The molecule has 1 unspecified atom stereocenters. The maximum Gasteiger partial charge on any atom is 0.332 e. The van der Waals surface area contributed by atoms with Crippen LogP contribution in [0.2, 0.25) is 0 Å². The summed E-state index contributed by atoms with van der Waals surface area (Å²) in [7, 11) is -3.75. The Morgan fingerprint density at radius 1 is 1.14 bits per heavy atom. The van der Waals surface area contributed by atoms with Crippen LogP contribution < -0.4 is 10.0 Å². The number of aryl methyl sites for hydroxylation is 2. The minimum Gasteiger partial charge on any atom is -0.307 e. The molecule has 3 aliphatic rings. The molecule has 151 valence electrons. The predicted octanol–water partition coefficient (Wildman–Crippen LogP) is 1.83. The summed E-state index contributed by atoms with van der Waals surface area (Å²) in [6.45, 7) is 1.59. The molecule has 1 aromatic rings. The van der Waals surface area contributed by atoms with Gasteiger partial charge in [0.25, 0.3) is 0 Å². The standard InChI is InChI=1S/C21H27N3O3S.K/c1-2-11-24-12-5-8-17(14-24)28(26,27)23-21(25)22-20-18-9-3-6-15(18)13-16-7-4-10-19(16)20;/h1,13,17H,3-12,14H2,(H2,22,23,25);. The third kappa shape index (κ3) is 5.09. The molecule has 1 heterocycles. The van der Waals surface area contributed by atoms with Crippen molar-refractivity contribution >= 4 is 73.1 Å². The SMILES string of the molecule is C#CCN1CCCC(S(=O)(=O)NC(=O)Nc2c3c(cc4c2CCC4)CCC3)C1.[K].